The molecule has 2 N–H and O–H groups in total. The van der Waals surface area contributed by atoms with E-state index in [0.717, 1.165) is 48.5 Å². The van der Waals surface area contributed by atoms with Crippen molar-refractivity contribution in [3.63, 3.8) is 0 Å². The standard InChI is InChI=1S/C20H29N5O2S2/c1-16-24-18(15-28-16)10-11-22-20(21-2)23-14-17-6-8-19(9-7-17)29(26,27)25-12-4-3-5-13-25/h6-9,15H,3-5,10-14H2,1-2H3,(H2,21,22,23). The number of benzene rings is 1. The van der Waals surface area contributed by atoms with Crippen LogP contribution in [0.2, 0.25) is 0 Å². The number of nitrogens with one attached hydrogen (secondary N) is 2. The van der Waals surface area contributed by atoms with Crippen molar-refractivity contribution >= 4 is 27.3 Å². The molecule has 0 spiro atoms. The lowest BCUT2D eigenvalue weighted by atomic mass is 10.2. The summed E-state index contributed by atoms with van der Waals surface area (Å²) in [5.41, 5.74) is 2.08. The molecule has 0 bridgehead atoms. The maximum absolute atomic E-state index is 12.7. The van der Waals surface area contributed by atoms with Gasteiger partial charge in [-0.15, -0.1) is 11.3 Å². The zero-order valence-corrected chi connectivity index (χ0v) is 18.7. The Labute approximate surface area is 177 Å². The first-order valence-electron chi connectivity index (χ1n) is 9.93. The third-order valence-corrected chi connectivity index (χ3v) is 7.64. The van der Waals surface area contributed by atoms with Crippen LogP contribution in [-0.2, 0) is 23.0 Å². The maximum atomic E-state index is 12.7. The number of hydrogen-bond acceptors (Lipinski definition) is 5. The summed E-state index contributed by atoms with van der Waals surface area (Å²) >= 11 is 1.66. The van der Waals surface area contributed by atoms with Gasteiger partial charge < -0.3 is 10.6 Å². The summed E-state index contributed by atoms with van der Waals surface area (Å²) in [5.74, 6) is 0.710. The molecule has 2 heterocycles. The summed E-state index contributed by atoms with van der Waals surface area (Å²) in [6.07, 6.45) is 3.83. The van der Waals surface area contributed by atoms with Gasteiger partial charge in [-0.1, -0.05) is 18.6 Å². The van der Waals surface area contributed by atoms with Crippen molar-refractivity contribution in [1.82, 2.24) is 19.9 Å². The molecule has 0 unspecified atom stereocenters. The van der Waals surface area contributed by atoms with E-state index in [2.05, 4.69) is 26.0 Å². The summed E-state index contributed by atoms with van der Waals surface area (Å²) in [4.78, 5) is 9.05. The van der Waals surface area contributed by atoms with E-state index in [-0.39, 0.29) is 0 Å². The number of aliphatic imine (C=N–C) groups is 1. The Morgan fingerprint density at radius 3 is 2.52 bits per heavy atom. The molecular formula is C20H29N5O2S2. The molecule has 3 rings (SSSR count). The summed E-state index contributed by atoms with van der Waals surface area (Å²) < 4.78 is 27.0. The summed E-state index contributed by atoms with van der Waals surface area (Å²) in [6, 6.07) is 7.10. The Morgan fingerprint density at radius 1 is 1.17 bits per heavy atom. The Morgan fingerprint density at radius 2 is 1.90 bits per heavy atom. The quantitative estimate of drug-likeness (QED) is 0.516. The molecule has 0 atom stereocenters. The minimum Gasteiger partial charge on any atom is -0.356 e. The predicted molar refractivity (Wildman–Crippen MR) is 118 cm³/mol. The number of rotatable bonds is 7. The highest BCUT2D eigenvalue weighted by Crippen LogP contribution is 2.20. The number of guanidine groups is 1. The van der Waals surface area contributed by atoms with Crippen molar-refractivity contribution in [2.24, 2.45) is 4.99 Å². The summed E-state index contributed by atoms with van der Waals surface area (Å²) in [6.45, 7) is 4.56. The van der Waals surface area contributed by atoms with Crippen LogP contribution in [0.3, 0.4) is 0 Å². The van der Waals surface area contributed by atoms with Crippen LogP contribution in [0.1, 0.15) is 35.5 Å². The van der Waals surface area contributed by atoms with Gasteiger partial charge in [0.1, 0.15) is 0 Å². The van der Waals surface area contributed by atoms with Crippen LogP contribution < -0.4 is 10.6 Å². The lowest BCUT2D eigenvalue weighted by Crippen LogP contribution is -2.38. The Kier molecular flexibility index (Phi) is 7.63. The molecule has 7 nitrogen and oxygen atoms in total. The van der Waals surface area contributed by atoms with E-state index in [4.69, 9.17) is 0 Å². The smallest absolute Gasteiger partial charge is 0.243 e. The first kappa shape index (κ1) is 21.7. The highest BCUT2D eigenvalue weighted by Gasteiger charge is 2.25. The normalized spacial score (nSPS) is 16.0. The number of aryl methyl sites for hydroxylation is 1. The van der Waals surface area contributed by atoms with Gasteiger partial charge in [0, 0.05) is 45.0 Å². The fraction of sp³-hybridized carbons (Fsp3) is 0.500. The molecule has 0 amide bonds. The van der Waals surface area contributed by atoms with E-state index < -0.39 is 10.0 Å². The Hall–Kier alpha value is -1.97. The number of thiazole rings is 1. The lowest BCUT2D eigenvalue weighted by Gasteiger charge is -2.25. The average molecular weight is 436 g/mol. The van der Waals surface area contributed by atoms with Crippen LogP contribution in [0, 0.1) is 6.92 Å². The SMILES string of the molecule is CN=C(NCCc1csc(C)n1)NCc1ccc(S(=O)(=O)N2CCCCC2)cc1. The molecule has 1 aliphatic heterocycles. The van der Waals surface area contributed by atoms with Gasteiger partial charge in [0.15, 0.2) is 5.96 Å². The van der Waals surface area contributed by atoms with Crippen LogP contribution in [0.4, 0.5) is 0 Å². The van der Waals surface area contributed by atoms with Crippen molar-refractivity contribution < 1.29 is 8.42 Å². The van der Waals surface area contributed by atoms with Gasteiger partial charge in [0.05, 0.1) is 15.6 Å². The molecule has 0 aliphatic carbocycles. The highest BCUT2D eigenvalue weighted by atomic mass is 32.2. The molecule has 158 valence electrons. The topological polar surface area (TPSA) is 86.7 Å². The molecule has 1 aromatic heterocycles. The van der Waals surface area contributed by atoms with Crippen LogP contribution >= 0.6 is 11.3 Å². The van der Waals surface area contributed by atoms with Crippen LogP contribution in [0.25, 0.3) is 0 Å². The second kappa shape index (κ2) is 10.2. The number of piperidine rings is 1. The summed E-state index contributed by atoms with van der Waals surface area (Å²) in [5, 5.41) is 9.69. The Bertz CT molecular complexity index is 917. The molecule has 0 radical (unpaired) electrons. The third-order valence-electron chi connectivity index (χ3n) is 4.90. The molecule has 29 heavy (non-hydrogen) atoms. The molecule has 1 fully saturated rings. The summed E-state index contributed by atoms with van der Waals surface area (Å²) in [7, 11) is -1.65. The zero-order valence-electron chi connectivity index (χ0n) is 17.0. The van der Waals surface area contributed by atoms with E-state index in [9.17, 15) is 8.42 Å². The molecular weight excluding hydrogens is 406 g/mol. The van der Waals surface area contributed by atoms with E-state index in [1.165, 1.54) is 0 Å². The second-order valence-corrected chi connectivity index (χ2v) is 10.1. The van der Waals surface area contributed by atoms with Gasteiger partial charge in [-0.25, -0.2) is 13.4 Å². The first-order valence-corrected chi connectivity index (χ1v) is 12.3. The third kappa shape index (κ3) is 6.01. The Balaban J connectivity index is 1.49. The number of aromatic nitrogens is 1. The zero-order chi connectivity index (χ0) is 20.7. The van der Waals surface area contributed by atoms with E-state index in [1.54, 1.807) is 34.8 Å². The highest BCUT2D eigenvalue weighted by molar-refractivity contribution is 7.89. The van der Waals surface area contributed by atoms with Gasteiger partial charge >= 0.3 is 0 Å². The van der Waals surface area contributed by atoms with E-state index >= 15 is 0 Å². The van der Waals surface area contributed by atoms with Crippen molar-refractivity contribution in [2.45, 2.75) is 44.0 Å². The van der Waals surface area contributed by atoms with Gasteiger partial charge in [0.2, 0.25) is 10.0 Å². The van der Waals surface area contributed by atoms with E-state index in [1.807, 2.05) is 19.1 Å². The number of sulfonamides is 1. The van der Waals surface area contributed by atoms with E-state index in [0.29, 0.717) is 30.5 Å². The van der Waals surface area contributed by atoms with Crippen LogP contribution in [0.5, 0.6) is 0 Å². The van der Waals surface area contributed by atoms with Crippen molar-refractivity contribution in [3.8, 4) is 0 Å². The van der Waals surface area contributed by atoms with Crippen molar-refractivity contribution in [2.75, 3.05) is 26.7 Å². The lowest BCUT2D eigenvalue weighted by molar-refractivity contribution is 0.346. The fourth-order valence-electron chi connectivity index (χ4n) is 3.27. The van der Waals surface area contributed by atoms with Crippen molar-refractivity contribution in [1.29, 1.82) is 0 Å². The molecule has 9 heteroatoms. The molecule has 1 saturated heterocycles. The molecule has 1 aromatic carbocycles. The molecule has 1 aliphatic rings. The molecule has 0 saturated carbocycles. The molecule has 2 aromatic rings. The maximum Gasteiger partial charge on any atom is 0.243 e. The van der Waals surface area contributed by atoms with Crippen LogP contribution in [0.15, 0.2) is 39.5 Å². The largest absolute Gasteiger partial charge is 0.356 e. The van der Waals surface area contributed by atoms with Gasteiger partial charge in [0.25, 0.3) is 0 Å². The van der Waals surface area contributed by atoms with Gasteiger partial charge in [-0.05, 0) is 37.5 Å². The first-order chi connectivity index (χ1) is 14.0. The number of hydrogen-bond donors (Lipinski definition) is 2. The van der Waals surface area contributed by atoms with Gasteiger partial charge in [-0.2, -0.15) is 4.31 Å². The van der Waals surface area contributed by atoms with Crippen molar-refractivity contribution in [3.05, 3.63) is 45.9 Å². The predicted octanol–water partition coefficient (Wildman–Crippen LogP) is 2.53. The number of nitrogens with zero attached hydrogens (tertiary/aromatic N) is 3. The van der Waals surface area contributed by atoms with Gasteiger partial charge in [-0.3, -0.25) is 4.99 Å². The minimum atomic E-state index is -3.38. The monoisotopic (exact) mass is 435 g/mol. The fourth-order valence-corrected chi connectivity index (χ4v) is 5.44. The average Bonchev–Trinajstić information content (AvgIpc) is 3.16. The van der Waals surface area contributed by atoms with Crippen LogP contribution in [-0.4, -0.2) is 50.3 Å². The second-order valence-electron chi connectivity index (χ2n) is 7.07. The minimum absolute atomic E-state index is 0.365.